The van der Waals surface area contributed by atoms with Crippen LogP contribution in [0.4, 0.5) is 0 Å². The lowest BCUT2D eigenvalue weighted by atomic mass is 10.1. The molecule has 1 N–H and O–H groups in total. The molecule has 0 aromatic heterocycles. The van der Waals surface area contributed by atoms with Crippen molar-refractivity contribution in [3.8, 4) is 5.75 Å². The second-order valence-corrected chi connectivity index (χ2v) is 5.27. The first-order valence-corrected chi connectivity index (χ1v) is 7.24. The van der Waals surface area contributed by atoms with Crippen LogP contribution in [0.2, 0.25) is 0 Å². The monoisotopic (exact) mass is 325 g/mol. The molecular weight excluding hydrogens is 310 g/mol. The summed E-state index contributed by atoms with van der Waals surface area (Å²) in [5, 5.41) is 2.44. The number of amides is 1. The van der Waals surface area contributed by atoms with Gasteiger partial charge in [0.05, 0.1) is 7.11 Å². The molecule has 0 unspecified atom stereocenters. The third kappa shape index (κ3) is 2.28. The minimum atomic E-state index is -2.03. The zero-order chi connectivity index (χ0) is 17.3. The Morgan fingerprint density at radius 3 is 1.92 bits per heavy atom. The van der Waals surface area contributed by atoms with Gasteiger partial charge in [0.15, 0.2) is 0 Å². The Bertz CT molecular complexity index is 791. The van der Waals surface area contributed by atoms with Crippen LogP contribution in [-0.4, -0.2) is 37.4 Å². The molecule has 0 atom stereocenters. The van der Waals surface area contributed by atoms with E-state index in [1.807, 2.05) is 0 Å². The summed E-state index contributed by atoms with van der Waals surface area (Å²) in [6.07, 6.45) is 0. The first-order chi connectivity index (χ1) is 11.5. The van der Waals surface area contributed by atoms with Gasteiger partial charge in [-0.1, -0.05) is 24.3 Å². The van der Waals surface area contributed by atoms with Crippen molar-refractivity contribution in [1.82, 2.24) is 5.32 Å². The highest BCUT2D eigenvalue weighted by molar-refractivity contribution is 6.33. The van der Waals surface area contributed by atoms with Gasteiger partial charge in [0, 0.05) is 23.8 Å². The molecular formula is C18H15NO5. The van der Waals surface area contributed by atoms with Gasteiger partial charge in [0.2, 0.25) is 11.6 Å². The molecule has 1 aliphatic rings. The minimum Gasteiger partial charge on any atom is -0.497 e. The number of benzene rings is 2. The molecule has 1 amide bonds. The highest BCUT2D eigenvalue weighted by Crippen LogP contribution is 2.31. The number of Topliss-reactive ketones (excluding diaryl/α,β-unsaturated/α-hetero) is 2. The quantitative estimate of drug-likeness (QED) is 0.685. The fraction of sp³-hybridized carbons (Fsp3) is 0.167. The highest BCUT2D eigenvalue weighted by Gasteiger charge is 2.55. The SMILES string of the molecule is COc1ccc(C(=O)NC2(OC)C(=O)c3ccccc3C2=O)cc1. The molecule has 24 heavy (non-hydrogen) atoms. The zero-order valence-corrected chi connectivity index (χ0v) is 13.2. The second-order valence-electron chi connectivity index (χ2n) is 5.27. The summed E-state index contributed by atoms with van der Waals surface area (Å²) in [4.78, 5) is 37.8. The van der Waals surface area contributed by atoms with Crippen molar-refractivity contribution in [2.45, 2.75) is 5.72 Å². The average molecular weight is 325 g/mol. The molecule has 6 heteroatoms. The van der Waals surface area contributed by atoms with Crippen molar-refractivity contribution in [3.05, 3.63) is 65.2 Å². The Morgan fingerprint density at radius 1 is 0.917 bits per heavy atom. The molecule has 0 fully saturated rings. The van der Waals surface area contributed by atoms with Crippen LogP contribution in [0.25, 0.3) is 0 Å². The fourth-order valence-electron chi connectivity index (χ4n) is 2.69. The Hall–Kier alpha value is -2.99. The molecule has 0 radical (unpaired) electrons. The van der Waals surface area contributed by atoms with E-state index in [9.17, 15) is 14.4 Å². The summed E-state index contributed by atoms with van der Waals surface area (Å²) < 4.78 is 10.2. The van der Waals surface area contributed by atoms with Gasteiger partial charge in [-0.15, -0.1) is 0 Å². The van der Waals surface area contributed by atoms with Crippen LogP contribution < -0.4 is 10.1 Å². The molecule has 1 aliphatic carbocycles. The van der Waals surface area contributed by atoms with E-state index < -0.39 is 23.2 Å². The van der Waals surface area contributed by atoms with E-state index in [0.29, 0.717) is 5.75 Å². The largest absolute Gasteiger partial charge is 0.497 e. The topological polar surface area (TPSA) is 81.7 Å². The van der Waals surface area contributed by atoms with Crippen LogP contribution in [0.15, 0.2) is 48.5 Å². The predicted octanol–water partition coefficient (Wildman–Crippen LogP) is 1.85. The Morgan fingerprint density at radius 2 is 1.46 bits per heavy atom. The lowest BCUT2D eigenvalue weighted by Gasteiger charge is -2.25. The maximum atomic E-state index is 12.6. The van der Waals surface area contributed by atoms with Crippen molar-refractivity contribution < 1.29 is 23.9 Å². The zero-order valence-electron chi connectivity index (χ0n) is 13.2. The predicted molar refractivity (Wildman–Crippen MR) is 85.3 cm³/mol. The number of methoxy groups -OCH3 is 2. The normalized spacial score (nSPS) is 15.1. The van der Waals surface area contributed by atoms with E-state index in [4.69, 9.17) is 9.47 Å². The van der Waals surface area contributed by atoms with Gasteiger partial charge in [-0.2, -0.15) is 0 Å². The summed E-state index contributed by atoms with van der Waals surface area (Å²) >= 11 is 0. The Labute approximate surface area is 138 Å². The summed E-state index contributed by atoms with van der Waals surface area (Å²) in [6, 6.07) is 12.7. The van der Waals surface area contributed by atoms with E-state index in [1.165, 1.54) is 38.5 Å². The summed E-state index contributed by atoms with van der Waals surface area (Å²) in [7, 11) is 2.73. The van der Waals surface area contributed by atoms with Gasteiger partial charge >= 0.3 is 0 Å². The van der Waals surface area contributed by atoms with Crippen LogP contribution in [0.5, 0.6) is 5.75 Å². The summed E-state index contributed by atoms with van der Waals surface area (Å²) in [6.45, 7) is 0. The van der Waals surface area contributed by atoms with Crippen LogP contribution in [-0.2, 0) is 4.74 Å². The molecule has 0 saturated carbocycles. The number of hydrogen-bond donors (Lipinski definition) is 1. The van der Waals surface area contributed by atoms with Gasteiger partial charge in [0.1, 0.15) is 5.75 Å². The molecule has 0 spiro atoms. The maximum Gasteiger partial charge on any atom is 0.270 e. The maximum absolute atomic E-state index is 12.6. The number of ketones is 2. The lowest BCUT2D eigenvalue weighted by Crippen LogP contribution is -2.58. The van der Waals surface area contributed by atoms with Gasteiger partial charge in [-0.05, 0) is 24.3 Å². The lowest BCUT2D eigenvalue weighted by molar-refractivity contribution is -0.00230. The Balaban J connectivity index is 1.93. The van der Waals surface area contributed by atoms with Gasteiger partial charge < -0.3 is 14.8 Å². The van der Waals surface area contributed by atoms with Crippen LogP contribution in [0.3, 0.4) is 0 Å². The molecule has 2 aromatic carbocycles. The standard InChI is InChI=1S/C18H15NO5/c1-23-12-9-7-11(8-10-12)17(22)19-18(24-2)15(20)13-5-3-4-6-14(13)16(18)21/h3-10H,1-2H3,(H,19,22). The number of hydrogen-bond acceptors (Lipinski definition) is 5. The van der Waals surface area contributed by atoms with Crippen LogP contribution in [0.1, 0.15) is 31.1 Å². The van der Waals surface area contributed by atoms with E-state index in [1.54, 1.807) is 24.3 Å². The van der Waals surface area contributed by atoms with Crippen molar-refractivity contribution in [1.29, 1.82) is 0 Å². The van der Waals surface area contributed by atoms with Gasteiger partial charge in [-0.25, -0.2) is 0 Å². The van der Waals surface area contributed by atoms with Crippen molar-refractivity contribution in [2.75, 3.05) is 14.2 Å². The van der Waals surface area contributed by atoms with Crippen molar-refractivity contribution in [3.63, 3.8) is 0 Å². The molecule has 0 heterocycles. The van der Waals surface area contributed by atoms with Crippen molar-refractivity contribution >= 4 is 17.5 Å². The third-order valence-electron chi connectivity index (χ3n) is 4.00. The minimum absolute atomic E-state index is 0.236. The molecule has 122 valence electrons. The van der Waals surface area contributed by atoms with E-state index in [0.717, 1.165) is 0 Å². The smallest absolute Gasteiger partial charge is 0.270 e. The number of carbonyl (C=O) groups excluding carboxylic acids is 3. The fourth-order valence-corrected chi connectivity index (χ4v) is 2.69. The third-order valence-corrected chi connectivity index (χ3v) is 4.00. The van der Waals surface area contributed by atoms with Gasteiger partial charge in [-0.3, -0.25) is 14.4 Å². The van der Waals surface area contributed by atoms with E-state index in [-0.39, 0.29) is 16.7 Å². The number of nitrogens with one attached hydrogen (secondary N) is 1. The van der Waals surface area contributed by atoms with Gasteiger partial charge in [0.25, 0.3) is 11.6 Å². The second kappa shape index (κ2) is 5.90. The first-order valence-electron chi connectivity index (χ1n) is 7.24. The molecule has 2 aromatic rings. The summed E-state index contributed by atoms with van der Waals surface area (Å²) in [5.74, 6) is -1.15. The number of rotatable bonds is 4. The molecule has 6 nitrogen and oxygen atoms in total. The average Bonchev–Trinajstić information content (AvgIpc) is 2.84. The molecule has 0 aliphatic heterocycles. The van der Waals surface area contributed by atoms with Crippen LogP contribution >= 0.6 is 0 Å². The Kier molecular flexibility index (Phi) is 3.91. The summed E-state index contributed by atoms with van der Waals surface area (Å²) in [5.41, 5.74) is -1.27. The molecule has 3 rings (SSSR count). The number of ether oxygens (including phenoxy) is 2. The van der Waals surface area contributed by atoms with E-state index in [2.05, 4.69) is 5.32 Å². The first kappa shape index (κ1) is 15.9. The number of fused-ring (bicyclic) bond motifs is 1. The van der Waals surface area contributed by atoms with E-state index >= 15 is 0 Å². The van der Waals surface area contributed by atoms with Crippen molar-refractivity contribution in [2.24, 2.45) is 0 Å². The number of carbonyl (C=O) groups is 3. The molecule has 0 saturated heterocycles. The molecule has 0 bridgehead atoms. The highest BCUT2D eigenvalue weighted by atomic mass is 16.5. The van der Waals surface area contributed by atoms with Crippen LogP contribution in [0, 0.1) is 0 Å².